The summed E-state index contributed by atoms with van der Waals surface area (Å²) in [6, 6.07) is 9.06. The first-order valence-corrected chi connectivity index (χ1v) is 6.98. The molecule has 0 aromatic heterocycles. The molecule has 3 N–H and O–H groups in total. The van der Waals surface area contributed by atoms with E-state index in [-0.39, 0.29) is 19.0 Å². The summed E-state index contributed by atoms with van der Waals surface area (Å²) in [4.78, 5) is 0. The van der Waals surface area contributed by atoms with Crippen LogP contribution in [0.25, 0.3) is 12.2 Å². The molecule has 2 aromatic rings. The van der Waals surface area contributed by atoms with E-state index < -0.39 is 0 Å². The Morgan fingerprint density at radius 1 is 1.00 bits per heavy atom. The minimum Gasteiger partial charge on any atom is -0.508 e. The predicted octanol–water partition coefficient (Wildman–Crippen LogP) is 2.86. The molecule has 0 radical (unpaired) electrons. The molecule has 4 nitrogen and oxygen atoms in total. The topological polar surface area (TPSA) is 69.9 Å². The van der Waals surface area contributed by atoms with Gasteiger partial charge in [-0.2, -0.15) is 0 Å². The summed E-state index contributed by atoms with van der Waals surface area (Å²) < 4.78 is 5.26. The fourth-order valence-corrected chi connectivity index (χ4v) is 2.25. The molecule has 0 aliphatic heterocycles. The number of aromatic hydroxyl groups is 1. The second kappa shape index (κ2) is 7.11. The number of ether oxygens (including phenoxy) is 1. The van der Waals surface area contributed by atoms with E-state index in [0.717, 1.165) is 16.7 Å². The van der Waals surface area contributed by atoms with Crippen molar-refractivity contribution in [2.75, 3.05) is 7.11 Å². The van der Waals surface area contributed by atoms with Crippen molar-refractivity contribution >= 4 is 12.2 Å². The monoisotopic (exact) mass is 300 g/mol. The standard InChI is InChI=1S/C18H20O4/c1-12-3-4-13(8-17(12)21)5-6-14-7-15(10-19)16(11-20)18(9-14)22-2/h3-9,19-21H,10-11H2,1-2H3/b6-5-. The Labute approximate surface area is 129 Å². The van der Waals surface area contributed by atoms with E-state index in [4.69, 9.17) is 4.74 Å². The maximum atomic E-state index is 9.72. The van der Waals surface area contributed by atoms with Gasteiger partial charge in [-0.3, -0.25) is 0 Å². The smallest absolute Gasteiger partial charge is 0.125 e. The SMILES string of the molecule is COc1cc(/C=C\c2ccc(C)c(O)c2)cc(CO)c1CO. The summed E-state index contributed by atoms with van der Waals surface area (Å²) in [6.07, 6.45) is 3.74. The number of phenols is 1. The van der Waals surface area contributed by atoms with Gasteiger partial charge in [-0.15, -0.1) is 0 Å². The fraction of sp³-hybridized carbons (Fsp3) is 0.222. The second-order valence-corrected chi connectivity index (χ2v) is 5.06. The van der Waals surface area contributed by atoms with E-state index in [0.29, 0.717) is 16.9 Å². The van der Waals surface area contributed by atoms with E-state index >= 15 is 0 Å². The molecule has 0 amide bonds. The molecule has 4 heteroatoms. The number of hydrogen-bond donors (Lipinski definition) is 3. The van der Waals surface area contributed by atoms with Crippen molar-refractivity contribution in [2.24, 2.45) is 0 Å². The largest absolute Gasteiger partial charge is 0.508 e. The summed E-state index contributed by atoms with van der Waals surface area (Å²) in [7, 11) is 1.53. The molecule has 0 spiro atoms. The molecule has 2 aromatic carbocycles. The van der Waals surface area contributed by atoms with Crippen LogP contribution < -0.4 is 4.74 Å². The summed E-state index contributed by atoms with van der Waals surface area (Å²) in [5, 5.41) is 28.5. The summed E-state index contributed by atoms with van der Waals surface area (Å²) in [5.41, 5.74) is 3.77. The predicted molar refractivity (Wildman–Crippen MR) is 86.6 cm³/mol. The highest BCUT2D eigenvalue weighted by Gasteiger charge is 2.09. The maximum Gasteiger partial charge on any atom is 0.125 e. The molecule has 0 fully saturated rings. The first-order chi connectivity index (χ1) is 10.6. The minimum absolute atomic E-state index is 0.167. The molecule has 0 aliphatic rings. The average molecular weight is 300 g/mol. The number of methoxy groups -OCH3 is 1. The third-order valence-electron chi connectivity index (χ3n) is 3.57. The molecule has 0 bridgehead atoms. The molecule has 22 heavy (non-hydrogen) atoms. The fourth-order valence-electron chi connectivity index (χ4n) is 2.25. The van der Waals surface area contributed by atoms with Gasteiger partial charge in [0.05, 0.1) is 20.3 Å². The summed E-state index contributed by atoms with van der Waals surface area (Å²) in [5.74, 6) is 0.798. The molecular formula is C18H20O4. The molecule has 0 unspecified atom stereocenters. The lowest BCUT2D eigenvalue weighted by Crippen LogP contribution is -1.99. The van der Waals surface area contributed by atoms with Crippen LogP contribution in [0.3, 0.4) is 0 Å². The van der Waals surface area contributed by atoms with Gasteiger partial charge < -0.3 is 20.1 Å². The van der Waals surface area contributed by atoms with Crippen LogP contribution in [0.2, 0.25) is 0 Å². The number of rotatable bonds is 5. The summed E-state index contributed by atoms with van der Waals surface area (Å²) >= 11 is 0. The van der Waals surface area contributed by atoms with Crippen molar-refractivity contribution in [3.8, 4) is 11.5 Å². The van der Waals surface area contributed by atoms with Gasteiger partial charge in [-0.1, -0.05) is 24.3 Å². The Kier molecular flexibility index (Phi) is 5.20. The summed E-state index contributed by atoms with van der Waals surface area (Å²) in [6.45, 7) is 1.49. The lowest BCUT2D eigenvalue weighted by molar-refractivity contribution is 0.254. The highest BCUT2D eigenvalue weighted by atomic mass is 16.5. The minimum atomic E-state index is -0.186. The van der Waals surface area contributed by atoms with E-state index in [1.54, 1.807) is 18.2 Å². The van der Waals surface area contributed by atoms with Crippen LogP contribution in [-0.2, 0) is 13.2 Å². The van der Waals surface area contributed by atoms with Crippen molar-refractivity contribution < 1.29 is 20.1 Å². The molecular weight excluding hydrogens is 280 g/mol. The molecule has 0 aliphatic carbocycles. The van der Waals surface area contributed by atoms with Gasteiger partial charge in [0.1, 0.15) is 11.5 Å². The third-order valence-corrected chi connectivity index (χ3v) is 3.57. The number of aliphatic hydroxyl groups excluding tert-OH is 2. The molecule has 2 rings (SSSR count). The Bertz CT molecular complexity index is 664. The van der Waals surface area contributed by atoms with Gasteiger partial charge in [-0.05, 0) is 47.4 Å². The van der Waals surface area contributed by atoms with Gasteiger partial charge in [-0.25, -0.2) is 0 Å². The van der Waals surface area contributed by atoms with Gasteiger partial charge >= 0.3 is 0 Å². The van der Waals surface area contributed by atoms with Crippen molar-refractivity contribution in [2.45, 2.75) is 20.1 Å². The first kappa shape index (κ1) is 16.1. The van der Waals surface area contributed by atoms with Crippen LogP contribution in [0.1, 0.15) is 27.8 Å². The lowest BCUT2D eigenvalue weighted by atomic mass is 10.0. The van der Waals surface area contributed by atoms with Crippen LogP contribution >= 0.6 is 0 Å². The number of phenolic OH excluding ortho intramolecular Hbond substituents is 1. The number of benzene rings is 2. The van der Waals surface area contributed by atoms with E-state index in [1.165, 1.54) is 7.11 Å². The van der Waals surface area contributed by atoms with Gasteiger partial charge in [0.2, 0.25) is 0 Å². The molecule has 0 saturated heterocycles. The zero-order chi connectivity index (χ0) is 16.1. The van der Waals surface area contributed by atoms with Crippen LogP contribution in [0.5, 0.6) is 11.5 Å². The lowest BCUT2D eigenvalue weighted by Gasteiger charge is -2.12. The number of hydrogen-bond acceptors (Lipinski definition) is 4. The zero-order valence-corrected chi connectivity index (χ0v) is 12.7. The maximum absolute atomic E-state index is 9.72. The highest BCUT2D eigenvalue weighted by Crippen LogP contribution is 2.26. The van der Waals surface area contributed by atoms with Crippen molar-refractivity contribution in [1.82, 2.24) is 0 Å². The van der Waals surface area contributed by atoms with Crippen LogP contribution in [-0.4, -0.2) is 22.4 Å². The van der Waals surface area contributed by atoms with E-state index in [9.17, 15) is 15.3 Å². The van der Waals surface area contributed by atoms with Gasteiger partial charge in [0.25, 0.3) is 0 Å². The average Bonchev–Trinajstić information content (AvgIpc) is 2.54. The molecule has 0 saturated carbocycles. The Morgan fingerprint density at radius 2 is 1.73 bits per heavy atom. The molecule has 0 heterocycles. The molecule has 0 atom stereocenters. The molecule has 116 valence electrons. The van der Waals surface area contributed by atoms with Gasteiger partial charge in [0, 0.05) is 5.56 Å². The van der Waals surface area contributed by atoms with E-state index in [2.05, 4.69) is 0 Å². The van der Waals surface area contributed by atoms with Crippen molar-refractivity contribution in [1.29, 1.82) is 0 Å². The van der Waals surface area contributed by atoms with Crippen LogP contribution in [0, 0.1) is 6.92 Å². The highest BCUT2D eigenvalue weighted by molar-refractivity contribution is 5.72. The second-order valence-electron chi connectivity index (χ2n) is 5.06. The normalized spacial score (nSPS) is 11.1. The zero-order valence-electron chi connectivity index (χ0n) is 12.7. The third kappa shape index (κ3) is 3.47. The number of aryl methyl sites for hydroxylation is 1. The van der Waals surface area contributed by atoms with Gasteiger partial charge in [0.15, 0.2) is 0 Å². The van der Waals surface area contributed by atoms with Crippen LogP contribution in [0.15, 0.2) is 30.3 Å². The van der Waals surface area contributed by atoms with Crippen molar-refractivity contribution in [3.05, 3.63) is 58.1 Å². The Balaban J connectivity index is 2.36. The Morgan fingerprint density at radius 3 is 2.32 bits per heavy atom. The van der Waals surface area contributed by atoms with Crippen molar-refractivity contribution in [3.63, 3.8) is 0 Å². The number of aliphatic hydroxyl groups is 2. The van der Waals surface area contributed by atoms with Crippen LogP contribution in [0.4, 0.5) is 0 Å². The Hall–Kier alpha value is -2.30. The van der Waals surface area contributed by atoms with E-state index in [1.807, 2.05) is 31.2 Å². The first-order valence-electron chi connectivity index (χ1n) is 6.98. The quantitative estimate of drug-likeness (QED) is 0.743.